The summed E-state index contributed by atoms with van der Waals surface area (Å²) in [6, 6.07) is 8.98. The molecule has 1 rings (SSSR count). The smallest absolute Gasteiger partial charge is 0.245 e. The van der Waals surface area contributed by atoms with E-state index < -0.39 is 0 Å². The number of hydroxylamine groups is 1. The van der Waals surface area contributed by atoms with Gasteiger partial charge in [-0.25, -0.2) is 5.48 Å². The zero-order valence-corrected chi connectivity index (χ0v) is 9.90. The Bertz CT molecular complexity index is 379. The quantitative estimate of drug-likeness (QED) is 0.747. The monoisotopic (exact) mass is 236 g/mol. The normalized spacial score (nSPS) is 11.6. The maximum atomic E-state index is 11.4. The number of carbonyl (C=O) groups is 2. The fourth-order valence-electron chi connectivity index (χ4n) is 1.52. The van der Waals surface area contributed by atoms with Crippen LogP contribution < -0.4 is 10.8 Å². The van der Waals surface area contributed by atoms with E-state index in [1.54, 1.807) is 0 Å². The van der Waals surface area contributed by atoms with Gasteiger partial charge in [0.25, 0.3) is 0 Å². The summed E-state index contributed by atoms with van der Waals surface area (Å²) < 4.78 is 0. The molecular formula is C12H16N2O3. The molecule has 1 aromatic rings. The lowest BCUT2D eigenvalue weighted by Crippen LogP contribution is -2.32. The first-order valence-electron chi connectivity index (χ1n) is 5.27. The number of rotatable bonds is 5. The van der Waals surface area contributed by atoms with Gasteiger partial charge in [0.05, 0.1) is 19.6 Å². The molecule has 2 amide bonds. The summed E-state index contributed by atoms with van der Waals surface area (Å²) >= 11 is 0. The maximum absolute atomic E-state index is 11.4. The van der Waals surface area contributed by atoms with Crippen LogP contribution in [0.15, 0.2) is 30.3 Å². The molecule has 0 saturated carbocycles. The molecular weight excluding hydrogens is 220 g/mol. The molecule has 0 radical (unpaired) electrons. The van der Waals surface area contributed by atoms with Crippen LogP contribution in [0, 0.1) is 0 Å². The third-order valence-electron chi connectivity index (χ3n) is 2.18. The van der Waals surface area contributed by atoms with E-state index in [0.29, 0.717) is 0 Å². The Hall–Kier alpha value is -1.88. The number of carbonyl (C=O) groups excluding carboxylic acids is 2. The fraction of sp³-hybridized carbons (Fsp3) is 0.333. The highest BCUT2D eigenvalue weighted by Crippen LogP contribution is 2.16. The van der Waals surface area contributed by atoms with Gasteiger partial charge >= 0.3 is 0 Å². The van der Waals surface area contributed by atoms with E-state index >= 15 is 0 Å². The lowest BCUT2D eigenvalue weighted by Gasteiger charge is -2.17. The van der Waals surface area contributed by atoms with E-state index in [4.69, 9.17) is 0 Å². The van der Waals surface area contributed by atoms with Crippen LogP contribution in [0.1, 0.15) is 24.9 Å². The van der Waals surface area contributed by atoms with Gasteiger partial charge < -0.3 is 5.32 Å². The maximum Gasteiger partial charge on any atom is 0.245 e. The molecule has 1 aromatic carbocycles. The van der Waals surface area contributed by atoms with E-state index in [1.807, 2.05) is 30.3 Å². The van der Waals surface area contributed by atoms with E-state index in [9.17, 15) is 9.59 Å². The van der Waals surface area contributed by atoms with Gasteiger partial charge in [0.15, 0.2) is 0 Å². The Labute approximate surface area is 100 Å². The molecule has 0 heterocycles. The van der Waals surface area contributed by atoms with Crippen molar-refractivity contribution < 1.29 is 14.4 Å². The molecule has 5 nitrogen and oxygen atoms in total. The lowest BCUT2D eigenvalue weighted by molar-refractivity contribution is -0.132. The highest BCUT2D eigenvalue weighted by molar-refractivity contribution is 5.78. The SMILES string of the molecule is CONC(=O)CC(NC(C)=O)c1ccccc1. The van der Waals surface area contributed by atoms with Crippen LogP contribution >= 0.6 is 0 Å². The van der Waals surface area contributed by atoms with Crippen LogP contribution in [0.3, 0.4) is 0 Å². The highest BCUT2D eigenvalue weighted by Gasteiger charge is 2.16. The minimum atomic E-state index is -0.344. The molecule has 1 unspecified atom stereocenters. The molecule has 0 fully saturated rings. The van der Waals surface area contributed by atoms with Crippen molar-refractivity contribution in [2.24, 2.45) is 0 Å². The van der Waals surface area contributed by atoms with Crippen molar-refractivity contribution >= 4 is 11.8 Å². The average molecular weight is 236 g/mol. The predicted molar refractivity (Wildman–Crippen MR) is 62.8 cm³/mol. The standard InChI is InChI=1S/C12H16N2O3/c1-9(15)13-11(8-12(16)14-17-2)10-6-4-3-5-7-10/h3-7,11H,8H2,1-2H3,(H,13,15)(H,14,16). The molecule has 0 aliphatic rings. The number of nitrogens with one attached hydrogen (secondary N) is 2. The van der Waals surface area contributed by atoms with Crippen LogP contribution in [0.2, 0.25) is 0 Å². The van der Waals surface area contributed by atoms with Crippen LogP contribution in [-0.2, 0) is 14.4 Å². The fourth-order valence-corrected chi connectivity index (χ4v) is 1.52. The number of hydrogen-bond acceptors (Lipinski definition) is 3. The van der Waals surface area contributed by atoms with E-state index in [-0.39, 0.29) is 24.3 Å². The van der Waals surface area contributed by atoms with Crippen LogP contribution in [0.5, 0.6) is 0 Å². The van der Waals surface area contributed by atoms with Crippen molar-refractivity contribution in [3.63, 3.8) is 0 Å². The van der Waals surface area contributed by atoms with Crippen LogP contribution in [-0.4, -0.2) is 18.9 Å². The minimum absolute atomic E-state index is 0.136. The summed E-state index contributed by atoms with van der Waals surface area (Å²) in [6.07, 6.45) is 0.136. The van der Waals surface area contributed by atoms with Crippen molar-refractivity contribution in [1.29, 1.82) is 0 Å². The molecule has 2 N–H and O–H groups in total. The molecule has 92 valence electrons. The second kappa shape index (κ2) is 6.65. The van der Waals surface area contributed by atoms with Crippen molar-refractivity contribution in [2.45, 2.75) is 19.4 Å². The topological polar surface area (TPSA) is 67.4 Å². The average Bonchev–Trinajstić information content (AvgIpc) is 2.29. The van der Waals surface area contributed by atoms with Crippen LogP contribution in [0.4, 0.5) is 0 Å². The van der Waals surface area contributed by atoms with E-state index in [2.05, 4.69) is 15.6 Å². The molecule has 0 aliphatic carbocycles. The van der Waals surface area contributed by atoms with E-state index in [1.165, 1.54) is 14.0 Å². The van der Waals surface area contributed by atoms with Crippen molar-refractivity contribution in [3.8, 4) is 0 Å². The first-order valence-corrected chi connectivity index (χ1v) is 5.27. The second-order valence-corrected chi connectivity index (χ2v) is 3.60. The van der Waals surface area contributed by atoms with Gasteiger partial charge in [0.2, 0.25) is 11.8 Å². The largest absolute Gasteiger partial charge is 0.349 e. The Morgan fingerprint density at radius 2 is 1.94 bits per heavy atom. The van der Waals surface area contributed by atoms with Gasteiger partial charge in [0, 0.05) is 6.92 Å². The Morgan fingerprint density at radius 1 is 1.29 bits per heavy atom. The summed E-state index contributed by atoms with van der Waals surface area (Å²) in [7, 11) is 1.37. The van der Waals surface area contributed by atoms with Crippen molar-refractivity contribution in [2.75, 3.05) is 7.11 Å². The third kappa shape index (κ3) is 4.65. The summed E-state index contributed by atoms with van der Waals surface area (Å²) in [5.74, 6) is -0.459. The summed E-state index contributed by atoms with van der Waals surface area (Å²) in [5.41, 5.74) is 3.11. The zero-order valence-electron chi connectivity index (χ0n) is 9.90. The summed E-state index contributed by atoms with van der Waals surface area (Å²) in [6.45, 7) is 1.42. The molecule has 1 atom stereocenters. The molecule has 0 aliphatic heterocycles. The third-order valence-corrected chi connectivity index (χ3v) is 2.18. The summed E-state index contributed by atoms with van der Waals surface area (Å²) in [4.78, 5) is 27.0. The Kier molecular flexibility index (Phi) is 5.16. The number of amides is 2. The first-order chi connectivity index (χ1) is 8.13. The van der Waals surface area contributed by atoms with Gasteiger partial charge in [-0.15, -0.1) is 0 Å². The Morgan fingerprint density at radius 3 is 2.47 bits per heavy atom. The van der Waals surface area contributed by atoms with Gasteiger partial charge in [-0.1, -0.05) is 30.3 Å². The predicted octanol–water partition coefficient (Wildman–Crippen LogP) is 0.931. The number of benzene rings is 1. The second-order valence-electron chi connectivity index (χ2n) is 3.60. The summed E-state index contributed by atoms with van der Waals surface area (Å²) in [5, 5.41) is 2.73. The molecule has 0 bridgehead atoms. The molecule has 17 heavy (non-hydrogen) atoms. The molecule has 0 saturated heterocycles. The van der Waals surface area contributed by atoms with E-state index in [0.717, 1.165) is 5.56 Å². The highest BCUT2D eigenvalue weighted by atomic mass is 16.6. The van der Waals surface area contributed by atoms with Crippen LogP contribution in [0.25, 0.3) is 0 Å². The van der Waals surface area contributed by atoms with Gasteiger partial charge in [0.1, 0.15) is 0 Å². The van der Waals surface area contributed by atoms with Crippen molar-refractivity contribution in [3.05, 3.63) is 35.9 Å². The van der Waals surface area contributed by atoms with Gasteiger partial charge in [-0.2, -0.15) is 0 Å². The van der Waals surface area contributed by atoms with Gasteiger partial charge in [-0.3, -0.25) is 14.4 Å². The first kappa shape index (κ1) is 13.2. The molecule has 0 spiro atoms. The van der Waals surface area contributed by atoms with Gasteiger partial charge in [-0.05, 0) is 5.56 Å². The minimum Gasteiger partial charge on any atom is -0.349 e. The number of hydrogen-bond donors (Lipinski definition) is 2. The Balaban J connectivity index is 2.74. The zero-order chi connectivity index (χ0) is 12.7. The lowest BCUT2D eigenvalue weighted by atomic mass is 10.0. The van der Waals surface area contributed by atoms with Crippen molar-refractivity contribution in [1.82, 2.24) is 10.8 Å². The molecule has 0 aromatic heterocycles. The molecule has 5 heteroatoms.